The van der Waals surface area contributed by atoms with Gasteiger partial charge in [0.15, 0.2) is 0 Å². The molecule has 0 fully saturated rings. The quantitative estimate of drug-likeness (QED) is 0.371. The average Bonchev–Trinajstić information content (AvgIpc) is 1.88. The molecule has 0 atom stereocenters. The molecule has 0 spiro atoms. The van der Waals surface area contributed by atoms with Crippen LogP contribution in [0.4, 0.5) is 0 Å². The molecule has 0 aromatic rings. The van der Waals surface area contributed by atoms with Crippen molar-refractivity contribution in [1.29, 1.82) is 0 Å². The van der Waals surface area contributed by atoms with Crippen LogP contribution in [-0.2, 0) is 9.59 Å². The van der Waals surface area contributed by atoms with Gasteiger partial charge in [0, 0.05) is 0 Å². The second-order valence-electron chi connectivity index (χ2n) is 2.14. The molecule has 0 saturated heterocycles. The number of carboxylic acids is 2. The molecule has 4 nitrogen and oxygen atoms in total. The summed E-state index contributed by atoms with van der Waals surface area (Å²) < 4.78 is 0. The Balaban J connectivity index is -0.000000143. The first kappa shape index (κ1) is 17.6. The molecule has 0 rings (SSSR count). The Hall–Kier alpha value is -1.41. The van der Waals surface area contributed by atoms with Crippen LogP contribution in [-0.4, -0.2) is 22.1 Å². The average molecular weight is 179 g/mol. The third kappa shape index (κ3) is 18.0. The maximum absolute atomic E-state index is 9.49. The van der Waals surface area contributed by atoms with Crippen molar-refractivity contribution >= 4 is 22.1 Å². The summed E-state index contributed by atoms with van der Waals surface area (Å²) in [5.74, 6) is -2.37. The van der Waals surface area contributed by atoms with Gasteiger partial charge in [0.05, 0.1) is 11.9 Å². The standard InChI is InChI=1S/2C4H6O2.Be/c2*1-3(2)4(5)6;/h2*1H2,2H3,(H,5,6);/q;;+2/p-2. The minimum Gasteiger partial charge on any atom is -0.545 e. The normalized spacial score (nSPS) is 6.92. The van der Waals surface area contributed by atoms with E-state index in [4.69, 9.17) is 0 Å². The smallest absolute Gasteiger partial charge is 0.545 e. The van der Waals surface area contributed by atoms with E-state index in [1.165, 1.54) is 13.8 Å². The van der Waals surface area contributed by atoms with E-state index in [2.05, 4.69) is 13.2 Å². The molecular weight excluding hydrogens is 169 g/mol. The summed E-state index contributed by atoms with van der Waals surface area (Å²) >= 11 is 0. The molecule has 13 heavy (non-hydrogen) atoms. The Morgan fingerprint density at radius 3 is 1.00 bits per heavy atom. The number of aliphatic carboxylic acids is 2. The number of rotatable bonds is 2. The van der Waals surface area contributed by atoms with Gasteiger partial charge < -0.3 is 19.8 Å². The molecule has 0 heterocycles. The summed E-state index contributed by atoms with van der Waals surface area (Å²) in [7, 11) is 0. The summed E-state index contributed by atoms with van der Waals surface area (Å²) in [5.41, 5.74) is 0.130. The molecule has 0 amide bonds. The van der Waals surface area contributed by atoms with Crippen molar-refractivity contribution in [3.8, 4) is 0 Å². The molecule has 0 radical (unpaired) electrons. The number of carbonyl (C=O) groups is 2. The number of hydrogen-bond donors (Lipinski definition) is 0. The first-order valence-electron chi connectivity index (χ1n) is 3.02. The Morgan fingerprint density at radius 1 is 0.923 bits per heavy atom. The molecule has 0 aromatic heterocycles. The predicted octanol–water partition coefficient (Wildman–Crippen LogP) is -1.76. The van der Waals surface area contributed by atoms with Gasteiger partial charge in [0.2, 0.25) is 0 Å². The maximum atomic E-state index is 9.49. The van der Waals surface area contributed by atoms with Crippen molar-refractivity contribution in [3.05, 3.63) is 24.3 Å². The van der Waals surface area contributed by atoms with E-state index in [1.807, 2.05) is 0 Å². The van der Waals surface area contributed by atoms with Crippen molar-refractivity contribution in [2.75, 3.05) is 0 Å². The van der Waals surface area contributed by atoms with Gasteiger partial charge in [-0.3, -0.25) is 0 Å². The zero-order valence-corrected chi connectivity index (χ0v) is 7.75. The van der Waals surface area contributed by atoms with E-state index in [-0.39, 0.29) is 21.3 Å². The molecule has 0 N–H and O–H groups in total. The van der Waals surface area contributed by atoms with Crippen LogP contribution in [0.3, 0.4) is 0 Å². The minimum atomic E-state index is -1.19. The van der Waals surface area contributed by atoms with Gasteiger partial charge in [0.1, 0.15) is 0 Å². The van der Waals surface area contributed by atoms with Crippen molar-refractivity contribution in [2.45, 2.75) is 13.8 Å². The molecule has 0 unspecified atom stereocenters. The van der Waals surface area contributed by atoms with E-state index in [0.29, 0.717) is 0 Å². The zero-order chi connectivity index (χ0) is 10.3. The maximum Gasteiger partial charge on any atom is 2.00 e. The molecule has 0 saturated carbocycles. The van der Waals surface area contributed by atoms with Crippen LogP contribution in [0.1, 0.15) is 13.8 Å². The number of carboxylic acid groups (broad SMARTS) is 2. The third-order valence-electron chi connectivity index (χ3n) is 0.697. The summed E-state index contributed by atoms with van der Waals surface area (Å²) in [6.07, 6.45) is 0. The molecule has 0 aliphatic heterocycles. The van der Waals surface area contributed by atoms with Gasteiger partial charge >= 0.3 is 10.1 Å². The first-order chi connectivity index (χ1) is 5.29. The topological polar surface area (TPSA) is 80.3 Å². The molecule has 0 aromatic carbocycles. The minimum absolute atomic E-state index is 0. The fourth-order valence-electron chi connectivity index (χ4n) is 0. The van der Waals surface area contributed by atoms with Crippen molar-refractivity contribution < 1.29 is 19.8 Å². The predicted molar refractivity (Wildman–Crippen MR) is 45.4 cm³/mol. The zero-order valence-electron chi connectivity index (χ0n) is 7.75. The van der Waals surface area contributed by atoms with Crippen LogP contribution in [0, 0.1) is 0 Å². The van der Waals surface area contributed by atoms with Gasteiger partial charge in [0.25, 0.3) is 0 Å². The fourth-order valence-corrected chi connectivity index (χ4v) is 0. The molecule has 0 aliphatic rings. The van der Waals surface area contributed by atoms with E-state index in [0.717, 1.165) is 0 Å². The van der Waals surface area contributed by atoms with Gasteiger partial charge in [-0.1, -0.05) is 13.2 Å². The third-order valence-corrected chi connectivity index (χ3v) is 0.697. The SMILES string of the molecule is C=C(C)C(=O)[O-].C=C(C)C(=O)[O-].[Be+2]. The fraction of sp³-hybridized carbons (Fsp3) is 0.250. The Bertz CT molecular complexity index is 172. The Kier molecular flexibility index (Phi) is 11.8. The molecular formula is C8H10BeO4. The van der Waals surface area contributed by atoms with Crippen LogP contribution in [0.2, 0.25) is 0 Å². The summed E-state index contributed by atoms with van der Waals surface area (Å²) in [6, 6.07) is 0. The van der Waals surface area contributed by atoms with Crippen LogP contribution in [0.15, 0.2) is 24.3 Å². The van der Waals surface area contributed by atoms with Gasteiger partial charge in [-0.05, 0) is 25.0 Å². The summed E-state index contributed by atoms with van der Waals surface area (Å²) in [5, 5.41) is 19.0. The second kappa shape index (κ2) is 8.68. The van der Waals surface area contributed by atoms with Crippen molar-refractivity contribution in [2.24, 2.45) is 0 Å². The van der Waals surface area contributed by atoms with Crippen LogP contribution < -0.4 is 10.2 Å². The summed E-state index contributed by atoms with van der Waals surface area (Å²) in [6.45, 7) is 8.95. The Labute approximate surface area is 80.8 Å². The van der Waals surface area contributed by atoms with Crippen LogP contribution in [0.25, 0.3) is 0 Å². The number of carbonyl (C=O) groups excluding carboxylic acids is 2. The van der Waals surface area contributed by atoms with Crippen molar-refractivity contribution in [1.82, 2.24) is 0 Å². The molecule has 0 aliphatic carbocycles. The molecule has 68 valence electrons. The Morgan fingerprint density at radius 2 is 1.00 bits per heavy atom. The van der Waals surface area contributed by atoms with Gasteiger partial charge in [-0.15, -0.1) is 0 Å². The van der Waals surface area contributed by atoms with Crippen molar-refractivity contribution in [3.63, 3.8) is 0 Å². The van der Waals surface area contributed by atoms with E-state index in [9.17, 15) is 19.8 Å². The monoisotopic (exact) mass is 179 g/mol. The van der Waals surface area contributed by atoms with E-state index < -0.39 is 11.9 Å². The molecule has 0 bridgehead atoms. The summed E-state index contributed by atoms with van der Waals surface area (Å²) in [4.78, 5) is 19.0. The van der Waals surface area contributed by atoms with E-state index in [1.54, 1.807) is 0 Å². The molecule has 5 heteroatoms. The first-order valence-corrected chi connectivity index (χ1v) is 3.02. The van der Waals surface area contributed by atoms with Crippen LogP contribution >= 0.6 is 0 Å². The largest absolute Gasteiger partial charge is 2.00 e. The van der Waals surface area contributed by atoms with Gasteiger partial charge in [-0.2, -0.15) is 0 Å². The van der Waals surface area contributed by atoms with Crippen LogP contribution in [0.5, 0.6) is 0 Å². The number of hydrogen-bond acceptors (Lipinski definition) is 4. The van der Waals surface area contributed by atoms with Gasteiger partial charge in [-0.25, -0.2) is 0 Å². The second-order valence-corrected chi connectivity index (χ2v) is 2.14. The van der Waals surface area contributed by atoms with E-state index >= 15 is 0 Å².